The van der Waals surface area contributed by atoms with E-state index in [1.54, 1.807) is 25.4 Å². The van der Waals surface area contributed by atoms with Crippen molar-refractivity contribution in [3.63, 3.8) is 0 Å². The predicted molar refractivity (Wildman–Crippen MR) is 79.6 cm³/mol. The summed E-state index contributed by atoms with van der Waals surface area (Å²) in [7, 11) is 0. The Kier molecular flexibility index (Phi) is 2.69. The van der Waals surface area contributed by atoms with Gasteiger partial charge >= 0.3 is 0 Å². The third kappa shape index (κ3) is 1.86. The number of aryl methyl sites for hydroxylation is 1. The highest BCUT2D eigenvalue weighted by Crippen LogP contribution is 2.35. The first-order chi connectivity index (χ1) is 10.6. The molecule has 3 aromatic heterocycles. The average molecular weight is 297 g/mol. The molecule has 112 valence electrons. The zero-order chi connectivity index (χ0) is 15.3. The van der Waals surface area contributed by atoms with Crippen LogP contribution in [-0.4, -0.2) is 25.6 Å². The van der Waals surface area contributed by atoms with Gasteiger partial charge in [-0.15, -0.1) is 0 Å². The highest BCUT2D eigenvalue weighted by molar-refractivity contribution is 6.08. The van der Waals surface area contributed by atoms with Crippen molar-refractivity contribution in [1.29, 1.82) is 0 Å². The topological polar surface area (TPSA) is 88.7 Å². The number of hydrogen-bond acceptors (Lipinski definition) is 4. The van der Waals surface area contributed by atoms with E-state index in [-0.39, 0.29) is 5.91 Å². The normalized spacial score (nSPS) is 16.2. The van der Waals surface area contributed by atoms with Crippen LogP contribution in [0, 0.1) is 6.92 Å². The molecule has 1 aliphatic rings. The first kappa shape index (κ1) is 12.9. The van der Waals surface area contributed by atoms with Crippen LogP contribution in [0.25, 0.3) is 11.4 Å². The number of imidazole rings is 1. The molecule has 7 heteroatoms. The van der Waals surface area contributed by atoms with Crippen LogP contribution in [-0.2, 0) is 6.42 Å². The van der Waals surface area contributed by atoms with Crippen LogP contribution < -0.4 is 5.32 Å². The van der Waals surface area contributed by atoms with Gasteiger partial charge in [0.15, 0.2) is 0 Å². The monoisotopic (exact) mass is 297 g/mol. The van der Waals surface area contributed by atoms with Gasteiger partial charge in [0.2, 0.25) is 5.88 Å². The van der Waals surface area contributed by atoms with Gasteiger partial charge < -0.3 is 14.1 Å². The summed E-state index contributed by atoms with van der Waals surface area (Å²) in [4.78, 5) is 20.1. The molecule has 1 aliphatic heterocycles. The van der Waals surface area contributed by atoms with E-state index in [2.05, 4.69) is 31.9 Å². The Bertz CT molecular complexity index is 857. The molecule has 3 aromatic rings. The summed E-state index contributed by atoms with van der Waals surface area (Å²) in [6.07, 6.45) is 6.26. The Morgan fingerprint density at radius 3 is 3.18 bits per heavy atom. The molecule has 0 spiro atoms. The van der Waals surface area contributed by atoms with E-state index in [1.165, 1.54) is 0 Å². The lowest BCUT2D eigenvalue weighted by molar-refractivity contribution is 0.102. The Hall–Kier alpha value is -2.83. The van der Waals surface area contributed by atoms with Gasteiger partial charge in [-0.25, -0.2) is 4.98 Å². The Morgan fingerprint density at radius 2 is 2.41 bits per heavy atom. The van der Waals surface area contributed by atoms with Gasteiger partial charge in [-0.2, -0.15) is 0 Å². The highest BCUT2D eigenvalue weighted by Gasteiger charge is 2.28. The van der Waals surface area contributed by atoms with E-state index in [0.29, 0.717) is 17.5 Å². The summed E-state index contributed by atoms with van der Waals surface area (Å²) in [5.74, 6) is 0.914. The second-order valence-electron chi connectivity index (χ2n) is 5.55. The minimum Gasteiger partial charge on any atom is -0.364 e. The van der Waals surface area contributed by atoms with Gasteiger partial charge in [0.05, 0.1) is 16.8 Å². The predicted octanol–water partition coefficient (Wildman–Crippen LogP) is 2.54. The Labute approximate surface area is 126 Å². The van der Waals surface area contributed by atoms with E-state index in [1.807, 2.05) is 6.20 Å². The van der Waals surface area contributed by atoms with Gasteiger partial charge in [0.1, 0.15) is 5.82 Å². The van der Waals surface area contributed by atoms with Crippen LogP contribution in [0.3, 0.4) is 0 Å². The van der Waals surface area contributed by atoms with Gasteiger partial charge in [-0.05, 0) is 13.8 Å². The average Bonchev–Trinajstić information content (AvgIpc) is 3.17. The van der Waals surface area contributed by atoms with Crippen molar-refractivity contribution in [2.45, 2.75) is 26.3 Å². The van der Waals surface area contributed by atoms with E-state index >= 15 is 0 Å². The molecule has 0 aliphatic carbocycles. The number of nitrogens with zero attached hydrogens (tertiary/aromatic N) is 3. The quantitative estimate of drug-likeness (QED) is 0.760. The highest BCUT2D eigenvalue weighted by atomic mass is 16.5. The van der Waals surface area contributed by atoms with Crippen molar-refractivity contribution in [2.24, 2.45) is 0 Å². The Balaban J connectivity index is 1.72. The maximum absolute atomic E-state index is 12.5. The van der Waals surface area contributed by atoms with Crippen molar-refractivity contribution in [1.82, 2.24) is 19.7 Å². The summed E-state index contributed by atoms with van der Waals surface area (Å²) < 4.78 is 7.12. The number of carbonyl (C=O) groups excluding carboxylic acids is 1. The maximum atomic E-state index is 12.5. The van der Waals surface area contributed by atoms with Crippen LogP contribution in [0.1, 0.15) is 34.7 Å². The first-order valence-corrected chi connectivity index (χ1v) is 7.11. The number of aromatic nitrogens is 4. The fraction of sp³-hybridized carbons (Fsp3) is 0.267. The summed E-state index contributed by atoms with van der Waals surface area (Å²) in [5.41, 5.74) is 3.17. The SMILES string of the molecule is Cc1cc(NC(=O)c2c[nH]c3c2-c2nccn2[C@H](C)C3)on1. The van der Waals surface area contributed by atoms with E-state index in [0.717, 1.165) is 29.2 Å². The van der Waals surface area contributed by atoms with Crippen LogP contribution in [0.4, 0.5) is 5.88 Å². The molecular weight excluding hydrogens is 282 g/mol. The molecule has 0 fully saturated rings. The Morgan fingerprint density at radius 1 is 1.55 bits per heavy atom. The van der Waals surface area contributed by atoms with E-state index < -0.39 is 0 Å². The lowest BCUT2D eigenvalue weighted by atomic mass is 10.0. The largest absolute Gasteiger partial charge is 0.364 e. The lowest BCUT2D eigenvalue weighted by Crippen LogP contribution is -2.18. The van der Waals surface area contributed by atoms with Gasteiger partial charge in [0.25, 0.3) is 5.91 Å². The van der Waals surface area contributed by atoms with Crippen molar-refractivity contribution in [3.8, 4) is 11.4 Å². The number of rotatable bonds is 2. The summed E-state index contributed by atoms with van der Waals surface area (Å²) >= 11 is 0. The number of amides is 1. The molecule has 0 unspecified atom stereocenters. The lowest BCUT2D eigenvalue weighted by Gasteiger charge is -2.22. The van der Waals surface area contributed by atoms with Crippen LogP contribution in [0.5, 0.6) is 0 Å². The fourth-order valence-electron chi connectivity index (χ4n) is 2.92. The van der Waals surface area contributed by atoms with Crippen molar-refractivity contribution >= 4 is 11.8 Å². The number of nitrogens with one attached hydrogen (secondary N) is 2. The molecule has 22 heavy (non-hydrogen) atoms. The minimum absolute atomic E-state index is 0.238. The zero-order valence-electron chi connectivity index (χ0n) is 12.3. The fourth-order valence-corrected chi connectivity index (χ4v) is 2.92. The number of aromatic amines is 1. The second-order valence-corrected chi connectivity index (χ2v) is 5.55. The molecule has 1 atom stereocenters. The standard InChI is InChI=1S/C15H15N5O2/c1-8-5-12(22-19-8)18-15(21)10-7-17-11-6-9(2)20-4-3-16-14(20)13(10)11/h3-5,7,9,17H,6H2,1-2H3,(H,18,21)/t9-/m1/s1. The number of fused-ring (bicyclic) bond motifs is 3. The maximum Gasteiger partial charge on any atom is 0.260 e. The summed E-state index contributed by atoms with van der Waals surface area (Å²) in [6.45, 7) is 3.93. The third-order valence-corrected chi connectivity index (χ3v) is 3.94. The summed E-state index contributed by atoms with van der Waals surface area (Å²) in [5, 5.41) is 6.49. The van der Waals surface area contributed by atoms with Crippen LogP contribution in [0.15, 0.2) is 29.2 Å². The molecule has 0 aromatic carbocycles. The molecule has 1 amide bonds. The molecular formula is C15H15N5O2. The number of hydrogen-bond donors (Lipinski definition) is 2. The second kappa shape index (κ2) is 4.59. The number of carbonyl (C=O) groups is 1. The third-order valence-electron chi connectivity index (χ3n) is 3.94. The van der Waals surface area contributed by atoms with Gasteiger partial charge in [-0.1, -0.05) is 5.16 Å². The van der Waals surface area contributed by atoms with E-state index in [9.17, 15) is 4.79 Å². The van der Waals surface area contributed by atoms with Crippen LogP contribution >= 0.6 is 0 Å². The zero-order valence-corrected chi connectivity index (χ0v) is 12.3. The molecule has 0 bridgehead atoms. The molecule has 4 rings (SSSR count). The smallest absolute Gasteiger partial charge is 0.260 e. The molecule has 0 radical (unpaired) electrons. The van der Waals surface area contributed by atoms with Crippen molar-refractivity contribution < 1.29 is 9.32 Å². The van der Waals surface area contributed by atoms with Crippen molar-refractivity contribution in [3.05, 3.63) is 41.6 Å². The molecule has 4 heterocycles. The summed E-state index contributed by atoms with van der Waals surface area (Å²) in [6, 6.07) is 2.00. The van der Waals surface area contributed by atoms with E-state index in [4.69, 9.17) is 4.52 Å². The van der Waals surface area contributed by atoms with Crippen molar-refractivity contribution in [2.75, 3.05) is 5.32 Å². The first-order valence-electron chi connectivity index (χ1n) is 7.11. The molecule has 7 nitrogen and oxygen atoms in total. The van der Waals surface area contributed by atoms with Gasteiger partial charge in [0, 0.05) is 42.8 Å². The molecule has 2 N–H and O–H groups in total. The van der Waals surface area contributed by atoms with Crippen LogP contribution in [0.2, 0.25) is 0 Å². The number of anilines is 1. The number of H-pyrrole nitrogens is 1. The van der Waals surface area contributed by atoms with Gasteiger partial charge in [-0.3, -0.25) is 10.1 Å². The molecule has 0 saturated carbocycles. The molecule has 0 saturated heterocycles. The minimum atomic E-state index is -0.238.